The summed E-state index contributed by atoms with van der Waals surface area (Å²) < 4.78 is 0. The molecule has 1 heterocycles. The molecule has 116 valence electrons. The summed E-state index contributed by atoms with van der Waals surface area (Å²) in [6.07, 6.45) is 0.771. The lowest BCUT2D eigenvalue weighted by molar-refractivity contribution is -0.141. The average molecular weight is 289 g/mol. The molecule has 1 aliphatic heterocycles. The van der Waals surface area contributed by atoms with Crippen LogP contribution in [0.3, 0.4) is 0 Å². The van der Waals surface area contributed by atoms with Gasteiger partial charge in [-0.15, -0.1) is 0 Å². The lowest BCUT2D eigenvalue weighted by atomic mass is 9.84. The van der Waals surface area contributed by atoms with Gasteiger partial charge < -0.3 is 5.11 Å². The Kier molecular flexibility index (Phi) is 4.43. The highest BCUT2D eigenvalue weighted by atomic mass is 16.4. The van der Waals surface area contributed by atoms with Crippen molar-refractivity contribution in [3.05, 3.63) is 34.4 Å². The van der Waals surface area contributed by atoms with E-state index in [9.17, 15) is 4.79 Å². The summed E-state index contributed by atoms with van der Waals surface area (Å²) in [5, 5.41) is 9.11. The highest BCUT2D eigenvalue weighted by molar-refractivity contribution is 5.70. The largest absolute Gasteiger partial charge is 0.481 e. The molecule has 0 bridgehead atoms. The third-order valence-corrected chi connectivity index (χ3v) is 4.57. The number of hydrogen-bond donors (Lipinski definition) is 1. The van der Waals surface area contributed by atoms with Crippen molar-refractivity contribution in [1.82, 2.24) is 4.90 Å². The molecule has 0 amide bonds. The number of carboxylic acid groups (broad SMARTS) is 1. The maximum atomic E-state index is 11.1. The minimum Gasteiger partial charge on any atom is -0.481 e. The average Bonchev–Trinajstić information content (AvgIpc) is 2.81. The van der Waals surface area contributed by atoms with E-state index in [1.807, 2.05) is 0 Å². The summed E-state index contributed by atoms with van der Waals surface area (Å²) in [4.78, 5) is 13.3. The van der Waals surface area contributed by atoms with Crippen molar-refractivity contribution < 1.29 is 9.90 Å². The van der Waals surface area contributed by atoms with Crippen molar-refractivity contribution in [2.24, 2.45) is 5.92 Å². The molecule has 1 fully saturated rings. The molecular weight excluding hydrogens is 262 g/mol. The summed E-state index contributed by atoms with van der Waals surface area (Å²) in [5.74, 6) is -0.853. The summed E-state index contributed by atoms with van der Waals surface area (Å²) in [6.45, 7) is 13.5. The normalized spacial score (nSPS) is 20.0. The van der Waals surface area contributed by atoms with Gasteiger partial charge in [0.1, 0.15) is 0 Å². The van der Waals surface area contributed by atoms with E-state index in [1.165, 1.54) is 22.3 Å². The van der Waals surface area contributed by atoms with Gasteiger partial charge in [-0.1, -0.05) is 32.9 Å². The summed E-state index contributed by atoms with van der Waals surface area (Å²) in [6, 6.07) is 4.57. The molecule has 0 radical (unpaired) electrons. The molecule has 0 aromatic heterocycles. The number of nitrogens with zero attached hydrogens (tertiary/aromatic N) is 1. The van der Waals surface area contributed by atoms with Crippen LogP contribution in [0, 0.1) is 19.8 Å². The molecule has 2 rings (SSSR count). The fraction of sp³-hybridized carbons (Fsp3) is 0.611. The molecule has 1 unspecified atom stereocenters. The Labute approximate surface area is 128 Å². The molecule has 3 heteroatoms. The van der Waals surface area contributed by atoms with Crippen molar-refractivity contribution in [2.45, 2.75) is 53.0 Å². The molecule has 21 heavy (non-hydrogen) atoms. The standard InChI is InChI=1S/C18H27NO2/c1-12-8-15(18(3,4)5)9-13(2)16(12)11-19-7-6-14(10-19)17(20)21/h8-9,14H,6-7,10-11H2,1-5H3,(H,20,21). The molecule has 1 aromatic rings. The number of hydrogen-bond acceptors (Lipinski definition) is 2. The Morgan fingerprint density at radius 3 is 2.29 bits per heavy atom. The van der Waals surface area contributed by atoms with Gasteiger partial charge in [0.25, 0.3) is 0 Å². The van der Waals surface area contributed by atoms with Crippen LogP contribution in [0.1, 0.15) is 49.4 Å². The zero-order valence-corrected chi connectivity index (χ0v) is 13.9. The van der Waals surface area contributed by atoms with E-state index >= 15 is 0 Å². The first-order valence-corrected chi connectivity index (χ1v) is 7.74. The maximum absolute atomic E-state index is 11.1. The van der Waals surface area contributed by atoms with E-state index in [4.69, 9.17) is 5.11 Å². The molecule has 0 spiro atoms. The lowest BCUT2D eigenvalue weighted by Crippen LogP contribution is -2.24. The van der Waals surface area contributed by atoms with E-state index in [0.29, 0.717) is 6.54 Å². The van der Waals surface area contributed by atoms with Crippen LogP contribution in [0.25, 0.3) is 0 Å². The van der Waals surface area contributed by atoms with E-state index < -0.39 is 5.97 Å². The first-order chi connectivity index (χ1) is 9.68. The molecule has 0 saturated carbocycles. The Morgan fingerprint density at radius 1 is 1.29 bits per heavy atom. The smallest absolute Gasteiger partial charge is 0.307 e. The number of benzene rings is 1. The SMILES string of the molecule is Cc1cc(C(C)(C)C)cc(C)c1CN1CCC(C(=O)O)C1. The fourth-order valence-corrected chi connectivity index (χ4v) is 3.08. The molecule has 1 N–H and O–H groups in total. The van der Waals surface area contributed by atoms with Crippen molar-refractivity contribution >= 4 is 5.97 Å². The van der Waals surface area contributed by atoms with Crippen LogP contribution in [-0.4, -0.2) is 29.1 Å². The Balaban J connectivity index is 2.17. The Morgan fingerprint density at radius 2 is 1.86 bits per heavy atom. The van der Waals surface area contributed by atoms with Gasteiger partial charge in [0.05, 0.1) is 5.92 Å². The van der Waals surface area contributed by atoms with Gasteiger partial charge in [0.2, 0.25) is 0 Å². The molecule has 3 nitrogen and oxygen atoms in total. The van der Waals surface area contributed by atoms with Crippen molar-refractivity contribution in [1.29, 1.82) is 0 Å². The molecule has 1 atom stereocenters. The fourth-order valence-electron chi connectivity index (χ4n) is 3.08. The van der Waals surface area contributed by atoms with Crippen molar-refractivity contribution in [2.75, 3.05) is 13.1 Å². The summed E-state index contributed by atoms with van der Waals surface area (Å²) >= 11 is 0. The topological polar surface area (TPSA) is 40.5 Å². The number of aliphatic carboxylic acids is 1. The maximum Gasteiger partial charge on any atom is 0.307 e. The zero-order valence-electron chi connectivity index (χ0n) is 13.9. The third kappa shape index (κ3) is 3.65. The number of likely N-dealkylation sites (tertiary alicyclic amines) is 1. The first kappa shape index (κ1) is 16.0. The van der Waals surface area contributed by atoms with Gasteiger partial charge in [0.15, 0.2) is 0 Å². The van der Waals surface area contributed by atoms with Crippen molar-refractivity contribution in [3.63, 3.8) is 0 Å². The summed E-state index contributed by atoms with van der Waals surface area (Å²) in [5.41, 5.74) is 5.52. The van der Waals surface area contributed by atoms with Gasteiger partial charge in [-0.3, -0.25) is 9.69 Å². The third-order valence-electron chi connectivity index (χ3n) is 4.57. The van der Waals surface area contributed by atoms with Crippen molar-refractivity contribution in [3.8, 4) is 0 Å². The minimum absolute atomic E-state index is 0.163. The van der Waals surface area contributed by atoms with Gasteiger partial charge in [-0.05, 0) is 54.5 Å². The molecule has 1 saturated heterocycles. The second-order valence-corrected chi connectivity index (χ2v) is 7.40. The number of aryl methyl sites for hydroxylation is 2. The van der Waals surface area contributed by atoms with E-state index in [2.05, 4.69) is 51.7 Å². The van der Waals surface area contributed by atoms with E-state index in [-0.39, 0.29) is 11.3 Å². The quantitative estimate of drug-likeness (QED) is 0.925. The second kappa shape index (κ2) is 5.80. The summed E-state index contributed by atoms with van der Waals surface area (Å²) in [7, 11) is 0. The monoisotopic (exact) mass is 289 g/mol. The van der Waals surface area contributed by atoms with E-state index in [0.717, 1.165) is 19.5 Å². The highest BCUT2D eigenvalue weighted by Crippen LogP contribution is 2.28. The van der Waals surface area contributed by atoms with Crippen LogP contribution in [-0.2, 0) is 16.8 Å². The first-order valence-electron chi connectivity index (χ1n) is 7.74. The Hall–Kier alpha value is -1.35. The zero-order chi connectivity index (χ0) is 15.8. The van der Waals surface area contributed by atoms with Crippen LogP contribution in [0.4, 0.5) is 0 Å². The van der Waals surface area contributed by atoms with Crippen LogP contribution in [0.5, 0.6) is 0 Å². The number of rotatable bonds is 3. The number of carbonyl (C=O) groups is 1. The van der Waals surface area contributed by atoms with Gasteiger partial charge >= 0.3 is 5.97 Å². The van der Waals surface area contributed by atoms with Gasteiger partial charge in [-0.25, -0.2) is 0 Å². The van der Waals surface area contributed by atoms with Gasteiger partial charge in [-0.2, -0.15) is 0 Å². The number of carboxylic acids is 1. The Bertz CT molecular complexity index is 520. The van der Waals surface area contributed by atoms with Crippen LogP contribution >= 0.6 is 0 Å². The minimum atomic E-state index is -0.658. The predicted molar refractivity (Wildman–Crippen MR) is 85.6 cm³/mol. The molecular formula is C18H27NO2. The van der Waals surface area contributed by atoms with E-state index in [1.54, 1.807) is 0 Å². The second-order valence-electron chi connectivity index (χ2n) is 7.40. The van der Waals surface area contributed by atoms with Crippen LogP contribution in [0.2, 0.25) is 0 Å². The molecule has 0 aliphatic carbocycles. The highest BCUT2D eigenvalue weighted by Gasteiger charge is 2.28. The lowest BCUT2D eigenvalue weighted by Gasteiger charge is -2.24. The van der Waals surface area contributed by atoms with Crippen LogP contribution < -0.4 is 0 Å². The van der Waals surface area contributed by atoms with Crippen LogP contribution in [0.15, 0.2) is 12.1 Å². The van der Waals surface area contributed by atoms with Gasteiger partial charge in [0, 0.05) is 13.1 Å². The predicted octanol–water partition coefficient (Wildman–Crippen LogP) is 3.51. The molecule has 1 aliphatic rings. The molecule has 1 aromatic carbocycles.